The highest BCUT2D eigenvalue weighted by Crippen LogP contribution is 2.27. The SMILES string of the molecule is C#CCCCC(C)(C)CCNC1CC1. The van der Waals surface area contributed by atoms with Crippen molar-refractivity contribution in [2.75, 3.05) is 6.54 Å². The van der Waals surface area contributed by atoms with Crippen molar-refractivity contribution in [1.82, 2.24) is 5.32 Å². The Hall–Kier alpha value is -0.480. The molecule has 1 nitrogen and oxygen atoms in total. The van der Waals surface area contributed by atoms with Gasteiger partial charge in [0.1, 0.15) is 0 Å². The average Bonchev–Trinajstić information content (AvgIpc) is 2.88. The molecular weight excluding hydrogens is 170 g/mol. The van der Waals surface area contributed by atoms with E-state index in [0.29, 0.717) is 5.41 Å². The van der Waals surface area contributed by atoms with Gasteiger partial charge in [0.15, 0.2) is 0 Å². The molecule has 0 atom stereocenters. The van der Waals surface area contributed by atoms with Crippen LogP contribution >= 0.6 is 0 Å². The van der Waals surface area contributed by atoms with Crippen LogP contribution in [0.1, 0.15) is 52.4 Å². The standard InChI is InChI=1S/C13H23N/c1-4-5-6-9-13(2,3)10-11-14-12-7-8-12/h1,12,14H,5-11H2,2-3H3. The maximum atomic E-state index is 5.24. The van der Waals surface area contributed by atoms with E-state index >= 15 is 0 Å². The van der Waals surface area contributed by atoms with Gasteiger partial charge in [0.05, 0.1) is 0 Å². The fourth-order valence-corrected chi connectivity index (χ4v) is 1.70. The number of rotatable bonds is 7. The lowest BCUT2D eigenvalue weighted by molar-refractivity contribution is 0.295. The second kappa shape index (κ2) is 5.41. The Balaban J connectivity index is 2.02. The minimum Gasteiger partial charge on any atom is -0.314 e. The highest BCUT2D eigenvalue weighted by atomic mass is 14.9. The zero-order valence-electron chi connectivity index (χ0n) is 9.60. The highest BCUT2D eigenvalue weighted by Gasteiger charge is 2.22. The molecule has 0 aromatic heterocycles. The van der Waals surface area contributed by atoms with Gasteiger partial charge in [-0.25, -0.2) is 0 Å². The highest BCUT2D eigenvalue weighted by molar-refractivity contribution is 4.85. The van der Waals surface area contributed by atoms with Crippen LogP contribution in [-0.4, -0.2) is 12.6 Å². The van der Waals surface area contributed by atoms with E-state index in [4.69, 9.17) is 6.42 Å². The number of terminal acetylenes is 1. The minimum absolute atomic E-state index is 0.457. The molecule has 0 aliphatic heterocycles. The van der Waals surface area contributed by atoms with E-state index in [1.807, 2.05) is 0 Å². The summed E-state index contributed by atoms with van der Waals surface area (Å²) in [5, 5.41) is 3.56. The summed E-state index contributed by atoms with van der Waals surface area (Å²) in [7, 11) is 0. The van der Waals surface area contributed by atoms with Gasteiger partial charge in [0, 0.05) is 12.5 Å². The lowest BCUT2D eigenvalue weighted by atomic mass is 9.84. The molecule has 1 saturated carbocycles. The van der Waals surface area contributed by atoms with Crippen LogP contribution in [0.15, 0.2) is 0 Å². The van der Waals surface area contributed by atoms with E-state index in [0.717, 1.165) is 12.5 Å². The molecule has 0 saturated heterocycles. The summed E-state index contributed by atoms with van der Waals surface area (Å²) in [6.45, 7) is 5.86. The van der Waals surface area contributed by atoms with E-state index in [2.05, 4.69) is 25.1 Å². The Morgan fingerprint density at radius 1 is 1.36 bits per heavy atom. The van der Waals surface area contributed by atoms with Gasteiger partial charge in [-0.1, -0.05) is 13.8 Å². The van der Waals surface area contributed by atoms with Gasteiger partial charge in [-0.3, -0.25) is 0 Å². The normalized spacial score (nSPS) is 16.6. The predicted octanol–water partition coefficient (Wildman–Crippen LogP) is 2.96. The summed E-state index contributed by atoms with van der Waals surface area (Å²) >= 11 is 0. The number of nitrogens with one attached hydrogen (secondary N) is 1. The van der Waals surface area contributed by atoms with Crippen LogP contribution in [-0.2, 0) is 0 Å². The molecule has 14 heavy (non-hydrogen) atoms. The van der Waals surface area contributed by atoms with Gasteiger partial charge in [0.2, 0.25) is 0 Å². The van der Waals surface area contributed by atoms with Gasteiger partial charge in [0.25, 0.3) is 0 Å². The molecule has 0 bridgehead atoms. The Kier molecular flexibility index (Phi) is 4.48. The van der Waals surface area contributed by atoms with Crippen molar-refractivity contribution >= 4 is 0 Å². The molecule has 0 aromatic carbocycles. The molecule has 1 rings (SSSR count). The van der Waals surface area contributed by atoms with Crippen molar-refractivity contribution in [3.8, 4) is 12.3 Å². The Morgan fingerprint density at radius 3 is 2.64 bits per heavy atom. The molecule has 1 N–H and O–H groups in total. The third kappa shape index (κ3) is 5.29. The summed E-state index contributed by atoms with van der Waals surface area (Å²) < 4.78 is 0. The Labute approximate surface area is 88.7 Å². The zero-order valence-corrected chi connectivity index (χ0v) is 9.60. The van der Waals surface area contributed by atoms with Crippen LogP contribution < -0.4 is 5.32 Å². The monoisotopic (exact) mass is 193 g/mol. The number of hydrogen-bond donors (Lipinski definition) is 1. The lowest BCUT2D eigenvalue weighted by Gasteiger charge is -2.24. The second-order valence-corrected chi connectivity index (χ2v) is 5.20. The molecule has 1 aliphatic rings. The number of hydrogen-bond acceptors (Lipinski definition) is 1. The minimum atomic E-state index is 0.457. The molecule has 0 aromatic rings. The summed E-state index contributed by atoms with van der Waals surface area (Å²) in [6, 6.07) is 0.844. The van der Waals surface area contributed by atoms with Crippen molar-refractivity contribution in [2.24, 2.45) is 5.41 Å². The molecule has 0 amide bonds. The molecule has 1 fully saturated rings. The first-order valence-corrected chi connectivity index (χ1v) is 5.81. The van der Waals surface area contributed by atoms with E-state index < -0.39 is 0 Å². The molecule has 0 radical (unpaired) electrons. The first-order valence-electron chi connectivity index (χ1n) is 5.81. The van der Waals surface area contributed by atoms with E-state index in [1.54, 1.807) is 0 Å². The average molecular weight is 193 g/mol. The van der Waals surface area contributed by atoms with Gasteiger partial charge in [-0.15, -0.1) is 12.3 Å². The molecule has 80 valence electrons. The van der Waals surface area contributed by atoms with Crippen molar-refractivity contribution in [2.45, 2.75) is 58.4 Å². The molecular formula is C13H23N. The van der Waals surface area contributed by atoms with Crippen molar-refractivity contribution in [1.29, 1.82) is 0 Å². The van der Waals surface area contributed by atoms with E-state index in [9.17, 15) is 0 Å². The largest absolute Gasteiger partial charge is 0.314 e. The maximum Gasteiger partial charge on any atom is 0.00862 e. The molecule has 1 aliphatic carbocycles. The Morgan fingerprint density at radius 2 is 2.07 bits per heavy atom. The smallest absolute Gasteiger partial charge is 0.00862 e. The van der Waals surface area contributed by atoms with Crippen LogP contribution in [0.2, 0.25) is 0 Å². The third-order valence-corrected chi connectivity index (χ3v) is 2.99. The lowest BCUT2D eigenvalue weighted by Crippen LogP contribution is -2.23. The van der Waals surface area contributed by atoms with Crippen molar-refractivity contribution in [3.63, 3.8) is 0 Å². The summed E-state index contributed by atoms with van der Waals surface area (Å²) in [6.07, 6.45) is 12.6. The predicted molar refractivity (Wildman–Crippen MR) is 62.1 cm³/mol. The van der Waals surface area contributed by atoms with E-state index in [-0.39, 0.29) is 0 Å². The first-order chi connectivity index (χ1) is 6.64. The van der Waals surface area contributed by atoms with Gasteiger partial charge >= 0.3 is 0 Å². The topological polar surface area (TPSA) is 12.0 Å². The summed E-state index contributed by atoms with van der Waals surface area (Å²) in [4.78, 5) is 0. The summed E-state index contributed by atoms with van der Waals surface area (Å²) in [5.41, 5.74) is 0.457. The summed E-state index contributed by atoms with van der Waals surface area (Å²) in [5.74, 6) is 2.71. The fraction of sp³-hybridized carbons (Fsp3) is 0.846. The Bertz CT molecular complexity index is 196. The second-order valence-electron chi connectivity index (χ2n) is 5.20. The maximum absolute atomic E-state index is 5.24. The molecule has 1 heteroatoms. The first kappa shape index (κ1) is 11.6. The van der Waals surface area contributed by atoms with Gasteiger partial charge < -0.3 is 5.32 Å². The quantitative estimate of drug-likeness (QED) is 0.484. The van der Waals surface area contributed by atoms with Crippen molar-refractivity contribution in [3.05, 3.63) is 0 Å². The van der Waals surface area contributed by atoms with Crippen LogP contribution in [0.5, 0.6) is 0 Å². The van der Waals surface area contributed by atoms with Gasteiger partial charge in [-0.05, 0) is 44.1 Å². The van der Waals surface area contributed by atoms with Gasteiger partial charge in [-0.2, -0.15) is 0 Å². The number of unbranched alkanes of at least 4 members (excludes halogenated alkanes) is 1. The zero-order chi connectivity index (χ0) is 10.4. The van der Waals surface area contributed by atoms with Crippen LogP contribution in [0.4, 0.5) is 0 Å². The molecule has 0 unspecified atom stereocenters. The third-order valence-electron chi connectivity index (χ3n) is 2.99. The fourth-order valence-electron chi connectivity index (χ4n) is 1.70. The van der Waals surface area contributed by atoms with Crippen LogP contribution in [0.3, 0.4) is 0 Å². The van der Waals surface area contributed by atoms with Crippen molar-refractivity contribution < 1.29 is 0 Å². The molecule has 0 spiro atoms. The molecule has 0 heterocycles. The van der Waals surface area contributed by atoms with Crippen LogP contribution in [0, 0.1) is 17.8 Å². The van der Waals surface area contributed by atoms with E-state index in [1.165, 1.54) is 38.6 Å². The van der Waals surface area contributed by atoms with Crippen LogP contribution in [0.25, 0.3) is 0 Å².